The number of benzene rings is 3. The lowest BCUT2D eigenvalue weighted by Gasteiger charge is -2.35. The Morgan fingerprint density at radius 1 is 0.875 bits per heavy atom. The van der Waals surface area contributed by atoms with Crippen LogP contribution in [0.2, 0.25) is 0 Å². The normalized spacial score (nSPS) is 20.3. The molecule has 2 aliphatic rings. The molecule has 0 unspecified atom stereocenters. The fraction of sp³-hybridized carbons (Fsp3) is 0.143. The van der Waals surface area contributed by atoms with Crippen LogP contribution in [0.15, 0.2) is 102 Å². The minimum atomic E-state index is -0.165. The van der Waals surface area contributed by atoms with Gasteiger partial charge in [0.2, 0.25) is 5.95 Å². The summed E-state index contributed by atoms with van der Waals surface area (Å²) in [4.78, 5) is 18.4. The van der Waals surface area contributed by atoms with Crippen molar-refractivity contribution in [3.63, 3.8) is 0 Å². The molecule has 4 aromatic rings. The molecule has 3 aromatic carbocycles. The largest absolute Gasteiger partial charge is 0.329 e. The third kappa shape index (κ3) is 3.16. The first-order valence-electron chi connectivity index (χ1n) is 11.1. The molecule has 0 saturated carbocycles. The van der Waals surface area contributed by atoms with Gasteiger partial charge in [-0.25, -0.2) is 4.98 Å². The maximum Gasteiger partial charge on any atom is 0.209 e. The number of fused-ring (bicyclic) bond motifs is 3. The van der Waals surface area contributed by atoms with E-state index in [0.29, 0.717) is 6.42 Å². The molecular formula is C28H23N3O. The molecule has 0 amide bonds. The van der Waals surface area contributed by atoms with Gasteiger partial charge in [0, 0.05) is 17.7 Å². The molecule has 1 aliphatic carbocycles. The van der Waals surface area contributed by atoms with Crippen molar-refractivity contribution in [1.82, 2.24) is 9.55 Å². The summed E-state index contributed by atoms with van der Waals surface area (Å²) in [7, 11) is 0. The summed E-state index contributed by atoms with van der Waals surface area (Å²) in [6.45, 7) is 0. The molecule has 6 rings (SSSR count). The molecule has 32 heavy (non-hydrogen) atoms. The maximum atomic E-state index is 13.5. The molecule has 156 valence electrons. The van der Waals surface area contributed by atoms with E-state index < -0.39 is 0 Å². The SMILES string of the molecule is O=C1C[C@@H](/C=C/c2ccccc2)CC2=C1[C@H](c1ccccc1)n1c(nc3ccccc31)N2. The van der Waals surface area contributed by atoms with Gasteiger partial charge in [-0.1, -0.05) is 84.9 Å². The zero-order valence-electron chi connectivity index (χ0n) is 17.6. The molecule has 2 atom stereocenters. The summed E-state index contributed by atoms with van der Waals surface area (Å²) in [5.41, 5.74) is 6.10. The molecule has 1 aliphatic heterocycles. The summed E-state index contributed by atoms with van der Waals surface area (Å²) < 4.78 is 2.18. The summed E-state index contributed by atoms with van der Waals surface area (Å²) in [6, 6.07) is 28.5. The highest BCUT2D eigenvalue weighted by molar-refractivity contribution is 6.00. The summed E-state index contributed by atoms with van der Waals surface area (Å²) in [5, 5.41) is 3.52. The third-order valence-electron chi connectivity index (χ3n) is 6.41. The van der Waals surface area contributed by atoms with Crippen molar-refractivity contribution in [1.29, 1.82) is 0 Å². The molecule has 0 radical (unpaired) electrons. The molecule has 0 spiro atoms. The highest BCUT2D eigenvalue weighted by Crippen LogP contribution is 2.44. The molecule has 1 N–H and O–H groups in total. The quantitative estimate of drug-likeness (QED) is 0.445. The predicted molar refractivity (Wildman–Crippen MR) is 128 cm³/mol. The summed E-state index contributed by atoms with van der Waals surface area (Å²) in [6.07, 6.45) is 5.62. The Balaban J connectivity index is 1.44. The Kier molecular flexibility index (Phi) is 4.50. The number of hydrogen-bond donors (Lipinski definition) is 1. The lowest BCUT2D eigenvalue weighted by Crippen LogP contribution is -2.33. The van der Waals surface area contributed by atoms with Gasteiger partial charge in [0.1, 0.15) is 0 Å². The van der Waals surface area contributed by atoms with Gasteiger partial charge >= 0.3 is 0 Å². The van der Waals surface area contributed by atoms with Crippen LogP contribution in [0.3, 0.4) is 0 Å². The lowest BCUT2D eigenvalue weighted by molar-refractivity contribution is -0.117. The fourth-order valence-corrected chi connectivity index (χ4v) is 4.95. The van der Waals surface area contributed by atoms with E-state index in [1.54, 1.807) is 0 Å². The topological polar surface area (TPSA) is 46.9 Å². The fourth-order valence-electron chi connectivity index (χ4n) is 4.95. The lowest BCUT2D eigenvalue weighted by atomic mass is 9.80. The van der Waals surface area contributed by atoms with E-state index >= 15 is 0 Å². The van der Waals surface area contributed by atoms with E-state index in [1.807, 2.05) is 54.6 Å². The van der Waals surface area contributed by atoms with Gasteiger partial charge in [0.15, 0.2) is 5.78 Å². The number of nitrogens with zero attached hydrogens (tertiary/aromatic N) is 2. The number of hydrogen-bond acceptors (Lipinski definition) is 3. The number of ketones is 1. The summed E-state index contributed by atoms with van der Waals surface area (Å²) >= 11 is 0. The summed E-state index contributed by atoms with van der Waals surface area (Å²) in [5.74, 6) is 1.18. The number of allylic oxidation sites excluding steroid dienone is 3. The molecule has 4 nitrogen and oxygen atoms in total. The molecule has 2 heterocycles. The second-order valence-corrected chi connectivity index (χ2v) is 8.49. The third-order valence-corrected chi connectivity index (χ3v) is 6.41. The second-order valence-electron chi connectivity index (χ2n) is 8.49. The molecular weight excluding hydrogens is 394 g/mol. The highest BCUT2D eigenvalue weighted by Gasteiger charge is 2.38. The van der Waals surface area contributed by atoms with Gasteiger partial charge in [-0.05, 0) is 35.6 Å². The Hall–Kier alpha value is -3.92. The van der Waals surface area contributed by atoms with E-state index in [0.717, 1.165) is 45.8 Å². The number of Topliss-reactive ketones (excluding diaryl/α,β-unsaturated/α-hetero) is 1. The van der Waals surface area contributed by atoms with Crippen molar-refractivity contribution in [2.24, 2.45) is 5.92 Å². The second kappa shape index (κ2) is 7.65. The van der Waals surface area contributed by atoms with Crippen LogP contribution in [-0.4, -0.2) is 15.3 Å². The zero-order chi connectivity index (χ0) is 21.5. The average Bonchev–Trinajstić information content (AvgIpc) is 3.20. The van der Waals surface area contributed by atoms with Gasteiger partial charge in [0.25, 0.3) is 0 Å². The minimum Gasteiger partial charge on any atom is -0.329 e. The van der Waals surface area contributed by atoms with Crippen molar-refractivity contribution in [2.75, 3.05) is 5.32 Å². The van der Waals surface area contributed by atoms with E-state index in [1.165, 1.54) is 0 Å². The monoisotopic (exact) mass is 417 g/mol. The van der Waals surface area contributed by atoms with Crippen molar-refractivity contribution in [3.8, 4) is 0 Å². The number of para-hydroxylation sites is 2. The van der Waals surface area contributed by atoms with E-state index in [9.17, 15) is 4.79 Å². The van der Waals surface area contributed by atoms with Gasteiger partial charge in [-0.15, -0.1) is 0 Å². The van der Waals surface area contributed by atoms with Crippen LogP contribution in [0, 0.1) is 5.92 Å². The number of rotatable bonds is 3. The smallest absolute Gasteiger partial charge is 0.209 e. The first-order valence-corrected chi connectivity index (χ1v) is 11.1. The van der Waals surface area contributed by atoms with Gasteiger partial charge in [-0.3, -0.25) is 9.36 Å². The van der Waals surface area contributed by atoms with Crippen LogP contribution in [-0.2, 0) is 4.79 Å². The first kappa shape index (κ1) is 18.8. The van der Waals surface area contributed by atoms with Crippen LogP contribution in [0.1, 0.15) is 30.0 Å². The van der Waals surface area contributed by atoms with Crippen LogP contribution >= 0.6 is 0 Å². The van der Waals surface area contributed by atoms with Crippen LogP contribution < -0.4 is 5.32 Å². The van der Waals surface area contributed by atoms with Crippen LogP contribution in [0.5, 0.6) is 0 Å². The number of nitrogens with one attached hydrogen (secondary N) is 1. The van der Waals surface area contributed by atoms with E-state index in [-0.39, 0.29) is 17.7 Å². The standard InChI is InChI=1S/C28H23N3O/c32-25-18-20(16-15-19-9-3-1-4-10-19)17-23-26(25)27(21-11-5-2-6-12-21)31-24-14-8-7-13-22(24)29-28(31)30-23/h1-16,20,27H,17-18H2,(H,29,30)/b16-15+/t20-,27-/m0/s1. The maximum absolute atomic E-state index is 13.5. The first-order chi connectivity index (χ1) is 15.8. The van der Waals surface area contributed by atoms with Gasteiger partial charge in [-0.2, -0.15) is 0 Å². The molecule has 1 aromatic heterocycles. The zero-order valence-corrected chi connectivity index (χ0v) is 17.6. The Labute approximate surface area is 186 Å². The Morgan fingerprint density at radius 2 is 1.59 bits per heavy atom. The predicted octanol–water partition coefficient (Wildman–Crippen LogP) is 6.00. The number of carbonyl (C=O) groups excluding carboxylic acids is 1. The molecule has 0 bridgehead atoms. The number of imidazole rings is 1. The van der Waals surface area contributed by atoms with Crippen molar-refractivity contribution in [3.05, 3.63) is 113 Å². The average molecular weight is 418 g/mol. The molecule has 4 heteroatoms. The van der Waals surface area contributed by atoms with Crippen molar-refractivity contribution in [2.45, 2.75) is 18.9 Å². The van der Waals surface area contributed by atoms with Crippen LogP contribution in [0.25, 0.3) is 17.1 Å². The van der Waals surface area contributed by atoms with E-state index in [4.69, 9.17) is 4.98 Å². The van der Waals surface area contributed by atoms with Crippen LogP contribution in [0.4, 0.5) is 5.95 Å². The minimum absolute atomic E-state index is 0.165. The number of carbonyl (C=O) groups is 1. The van der Waals surface area contributed by atoms with E-state index in [2.05, 4.69) is 52.4 Å². The Morgan fingerprint density at radius 3 is 2.41 bits per heavy atom. The number of anilines is 1. The molecule has 0 fully saturated rings. The highest BCUT2D eigenvalue weighted by atomic mass is 16.1. The van der Waals surface area contributed by atoms with Gasteiger partial charge in [0.05, 0.1) is 17.1 Å². The van der Waals surface area contributed by atoms with Crippen molar-refractivity contribution >= 4 is 28.8 Å². The van der Waals surface area contributed by atoms with Gasteiger partial charge < -0.3 is 5.32 Å². The van der Waals surface area contributed by atoms with Crippen molar-refractivity contribution < 1.29 is 4.79 Å². The molecule has 0 saturated heterocycles. The number of aromatic nitrogens is 2. The Bertz CT molecular complexity index is 1370.